The van der Waals surface area contributed by atoms with Crippen LogP contribution in [0.2, 0.25) is 0 Å². The van der Waals surface area contributed by atoms with Crippen LogP contribution in [-0.2, 0) is 5.41 Å². The first-order valence-corrected chi connectivity index (χ1v) is 18.4. The topological polar surface area (TPSA) is 9.23 Å². The maximum atomic E-state index is 5.69. The highest BCUT2D eigenvalue weighted by molar-refractivity contribution is 5.39. The zero-order valence-electron chi connectivity index (χ0n) is 30.8. The molecule has 0 amide bonds. The molecule has 0 saturated heterocycles. The normalized spacial score (nSPS) is 21.0. The number of hydrogen-bond acceptors (Lipinski definition) is 1. The van der Waals surface area contributed by atoms with Crippen LogP contribution >= 0.6 is 0 Å². The Morgan fingerprint density at radius 2 is 0.723 bits per heavy atom. The maximum absolute atomic E-state index is 5.69. The van der Waals surface area contributed by atoms with Gasteiger partial charge in [-0.3, -0.25) is 0 Å². The quantitative estimate of drug-likeness (QED) is 0.206. The van der Waals surface area contributed by atoms with E-state index >= 15 is 0 Å². The molecule has 47 heavy (non-hydrogen) atoms. The zero-order chi connectivity index (χ0) is 33.8. The Morgan fingerprint density at radius 3 is 1.02 bits per heavy atom. The van der Waals surface area contributed by atoms with Crippen molar-refractivity contribution in [3.63, 3.8) is 0 Å². The highest BCUT2D eigenvalue weighted by Crippen LogP contribution is 2.38. The molecule has 0 aromatic heterocycles. The molecule has 0 radical (unpaired) electrons. The van der Waals surface area contributed by atoms with Gasteiger partial charge < -0.3 is 4.74 Å². The predicted octanol–water partition coefficient (Wildman–Crippen LogP) is 13.8. The standard InChI is InChI=1S/C17H20.C15H28.C14H14O/c1-13-5-9-15(10-6-13)17(3,4)16-11-7-14(2)8-12-16;1-12-3-7-14(8-4-12)11-15-9-5-13(2)6-10-15;1-11-3-7-13(8-4-11)15-14-9-5-12(2)6-10-14/h5-12H,1-4H3;12-15H,3-11H2,1-2H3;3-10H,1-2H3. The molecule has 2 aliphatic rings. The lowest BCUT2D eigenvalue weighted by Gasteiger charge is -2.32. The maximum Gasteiger partial charge on any atom is 0.127 e. The second-order valence-corrected chi connectivity index (χ2v) is 15.6. The van der Waals surface area contributed by atoms with Gasteiger partial charge in [0.15, 0.2) is 0 Å². The van der Waals surface area contributed by atoms with Crippen molar-refractivity contribution in [2.75, 3.05) is 0 Å². The van der Waals surface area contributed by atoms with Gasteiger partial charge in [0, 0.05) is 5.41 Å². The fourth-order valence-electron chi connectivity index (χ4n) is 7.06. The van der Waals surface area contributed by atoms with Crippen molar-refractivity contribution >= 4 is 0 Å². The van der Waals surface area contributed by atoms with Crippen LogP contribution in [0, 0.1) is 51.4 Å². The third kappa shape index (κ3) is 12.0. The number of benzene rings is 4. The van der Waals surface area contributed by atoms with E-state index < -0.39 is 0 Å². The summed E-state index contributed by atoms with van der Waals surface area (Å²) in [6.07, 6.45) is 13.7. The molecule has 0 bridgehead atoms. The van der Waals surface area contributed by atoms with Crippen LogP contribution in [0.1, 0.15) is 119 Å². The molecule has 4 aromatic rings. The van der Waals surface area contributed by atoms with E-state index in [9.17, 15) is 0 Å². The zero-order valence-corrected chi connectivity index (χ0v) is 30.8. The molecule has 2 saturated carbocycles. The number of ether oxygens (including phenoxy) is 1. The first-order valence-electron chi connectivity index (χ1n) is 18.4. The molecule has 1 heteroatoms. The SMILES string of the molecule is CC1CCC(CC2CCC(C)CC2)CC1.Cc1ccc(C(C)(C)c2ccc(C)cc2)cc1.Cc1ccc(Oc2ccc(C)cc2)cc1. The second kappa shape index (κ2) is 17.7. The lowest BCUT2D eigenvalue weighted by atomic mass is 9.74. The van der Waals surface area contributed by atoms with Crippen LogP contribution in [0.25, 0.3) is 0 Å². The van der Waals surface area contributed by atoms with E-state index in [0.29, 0.717) is 0 Å². The molecule has 0 N–H and O–H groups in total. The molecule has 2 fully saturated rings. The molecule has 0 atom stereocenters. The minimum Gasteiger partial charge on any atom is -0.457 e. The number of aryl methyl sites for hydroxylation is 4. The third-order valence-electron chi connectivity index (χ3n) is 10.8. The summed E-state index contributed by atoms with van der Waals surface area (Å²) in [6.45, 7) is 17.8. The van der Waals surface area contributed by atoms with E-state index in [1.807, 2.05) is 48.5 Å². The first kappa shape index (κ1) is 36.5. The van der Waals surface area contributed by atoms with Crippen LogP contribution in [0.4, 0.5) is 0 Å². The van der Waals surface area contributed by atoms with Gasteiger partial charge in [0.05, 0.1) is 0 Å². The van der Waals surface area contributed by atoms with Crippen LogP contribution in [0.15, 0.2) is 97.1 Å². The second-order valence-electron chi connectivity index (χ2n) is 15.6. The van der Waals surface area contributed by atoms with Crippen LogP contribution in [0.3, 0.4) is 0 Å². The minimum absolute atomic E-state index is 0.0708. The summed E-state index contributed by atoms with van der Waals surface area (Å²) in [7, 11) is 0. The van der Waals surface area contributed by atoms with Gasteiger partial charge >= 0.3 is 0 Å². The molecular formula is C46H62O. The Balaban J connectivity index is 0.000000160. The van der Waals surface area contributed by atoms with Gasteiger partial charge in [-0.05, 0) is 93.2 Å². The van der Waals surface area contributed by atoms with Gasteiger partial charge in [-0.1, -0.05) is 174 Å². The molecule has 6 rings (SSSR count). The van der Waals surface area contributed by atoms with E-state index in [-0.39, 0.29) is 5.41 Å². The Labute approximate surface area is 288 Å². The highest BCUT2D eigenvalue weighted by atomic mass is 16.5. The first-order chi connectivity index (χ1) is 22.5. The third-order valence-corrected chi connectivity index (χ3v) is 10.8. The van der Waals surface area contributed by atoms with E-state index in [2.05, 4.69) is 104 Å². The average Bonchev–Trinajstić information content (AvgIpc) is 3.06. The van der Waals surface area contributed by atoms with Crippen LogP contribution in [-0.4, -0.2) is 0 Å². The Morgan fingerprint density at radius 1 is 0.447 bits per heavy atom. The van der Waals surface area contributed by atoms with Crippen molar-refractivity contribution in [3.05, 3.63) is 130 Å². The summed E-state index contributed by atoms with van der Waals surface area (Å²) in [4.78, 5) is 0. The van der Waals surface area contributed by atoms with Crippen molar-refractivity contribution in [2.24, 2.45) is 23.7 Å². The molecule has 0 aliphatic heterocycles. The fourth-order valence-corrected chi connectivity index (χ4v) is 7.06. The Kier molecular flexibility index (Phi) is 13.8. The Hall–Kier alpha value is -3.32. The molecule has 0 spiro atoms. The van der Waals surface area contributed by atoms with Gasteiger partial charge in [-0.2, -0.15) is 0 Å². The highest BCUT2D eigenvalue weighted by Gasteiger charge is 2.25. The molecular weight excluding hydrogens is 569 g/mol. The van der Waals surface area contributed by atoms with Crippen molar-refractivity contribution in [3.8, 4) is 11.5 Å². The molecule has 0 heterocycles. The molecule has 4 aromatic carbocycles. The summed E-state index contributed by atoms with van der Waals surface area (Å²) < 4.78 is 5.69. The van der Waals surface area contributed by atoms with Gasteiger partial charge in [-0.25, -0.2) is 0 Å². The van der Waals surface area contributed by atoms with E-state index in [1.165, 1.54) is 84.7 Å². The van der Waals surface area contributed by atoms with Crippen molar-refractivity contribution in [2.45, 2.75) is 119 Å². The molecule has 2 aliphatic carbocycles. The van der Waals surface area contributed by atoms with E-state index in [1.54, 1.807) is 6.42 Å². The van der Waals surface area contributed by atoms with Crippen LogP contribution < -0.4 is 4.74 Å². The lowest BCUT2D eigenvalue weighted by molar-refractivity contribution is 0.201. The lowest BCUT2D eigenvalue weighted by Crippen LogP contribution is -2.19. The summed E-state index contributed by atoms with van der Waals surface area (Å²) in [5.41, 5.74) is 7.92. The van der Waals surface area contributed by atoms with E-state index in [4.69, 9.17) is 4.74 Å². The summed E-state index contributed by atoms with van der Waals surface area (Å²) in [5.74, 6) is 5.99. The Bertz CT molecular complexity index is 1320. The van der Waals surface area contributed by atoms with Gasteiger partial charge in [0.2, 0.25) is 0 Å². The van der Waals surface area contributed by atoms with Gasteiger partial charge in [-0.15, -0.1) is 0 Å². The van der Waals surface area contributed by atoms with Gasteiger partial charge in [0.1, 0.15) is 11.5 Å². The van der Waals surface area contributed by atoms with Crippen LogP contribution in [0.5, 0.6) is 11.5 Å². The van der Waals surface area contributed by atoms with Crippen molar-refractivity contribution < 1.29 is 4.74 Å². The van der Waals surface area contributed by atoms with Gasteiger partial charge in [0.25, 0.3) is 0 Å². The minimum atomic E-state index is 0.0708. The molecule has 0 unspecified atom stereocenters. The summed E-state index contributed by atoms with van der Waals surface area (Å²) in [5, 5.41) is 0. The monoisotopic (exact) mass is 630 g/mol. The summed E-state index contributed by atoms with van der Waals surface area (Å²) >= 11 is 0. The number of rotatable bonds is 6. The largest absolute Gasteiger partial charge is 0.457 e. The van der Waals surface area contributed by atoms with Crippen molar-refractivity contribution in [1.29, 1.82) is 0 Å². The average molecular weight is 631 g/mol. The summed E-state index contributed by atoms with van der Waals surface area (Å²) in [6, 6.07) is 33.8. The molecule has 252 valence electrons. The van der Waals surface area contributed by atoms with E-state index in [0.717, 1.165) is 35.2 Å². The smallest absolute Gasteiger partial charge is 0.127 e. The predicted molar refractivity (Wildman–Crippen MR) is 204 cm³/mol. The fraction of sp³-hybridized carbons (Fsp3) is 0.478. The molecule has 1 nitrogen and oxygen atoms in total. The van der Waals surface area contributed by atoms with Crippen molar-refractivity contribution in [1.82, 2.24) is 0 Å². The number of hydrogen-bond donors (Lipinski definition) is 0.